The van der Waals surface area contributed by atoms with Crippen LogP contribution < -0.4 is 5.32 Å². The molecule has 1 N–H and O–H groups in total. The second-order valence-corrected chi connectivity index (χ2v) is 6.86. The van der Waals surface area contributed by atoms with E-state index in [0.29, 0.717) is 5.92 Å². The number of carbonyl (C=O) groups excluding carboxylic acids is 2. The summed E-state index contributed by atoms with van der Waals surface area (Å²) in [4.78, 5) is 23.6. The van der Waals surface area contributed by atoms with E-state index in [1.165, 1.54) is 5.56 Å². The number of rotatable bonds is 5. The van der Waals surface area contributed by atoms with Crippen LogP contribution >= 0.6 is 0 Å². The van der Waals surface area contributed by atoms with Crippen molar-refractivity contribution in [2.24, 2.45) is 11.8 Å². The summed E-state index contributed by atoms with van der Waals surface area (Å²) < 4.78 is 10.4. The third kappa shape index (κ3) is 3.84. The lowest BCUT2D eigenvalue weighted by Crippen LogP contribution is -2.45. The van der Waals surface area contributed by atoms with E-state index >= 15 is 0 Å². The molecule has 0 bridgehead atoms. The van der Waals surface area contributed by atoms with E-state index in [-0.39, 0.29) is 25.1 Å². The normalized spacial score (nSPS) is 29.9. The summed E-state index contributed by atoms with van der Waals surface area (Å²) in [5, 5.41) is 2.69. The lowest BCUT2D eigenvalue weighted by molar-refractivity contribution is -0.151. The molecule has 5 nitrogen and oxygen atoms in total. The molecule has 1 amide bonds. The Morgan fingerprint density at radius 2 is 2.13 bits per heavy atom. The summed E-state index contributed by atoms with van der Waals surface area (Å²) in [7, 11) is 0. The van der Waals surface area contributed by atoms with Gasteiger partial charge in [-0.1, -0.05) is 36.8 Å². The molecule has 0 radical (unpaired) electrons. The van der Waals surface area contributed by atoms with Gasteiger partial charge >= 0.3 is 12.1 Å². The monoisotopic (exact) mass is 317 g/mol. The van der Waals surface area contributed by atoms with Crippen molar-refractivity contribution >= 4 is 12.1 Å². The predicted octanol–water partition coefficient (Wildman–Crippen LogP) is 2.69. The van der Waals surface area contributed by atoms with E-state index in [9.17, 15) is 9.59 Å². The van der Waals surface area contributed by atoms with Gasteiger partial charge in [-0.15, -0.1) is 0 Å². The zero-order valence-electron chi connectivity index (χ0n) is 13.4. The van der Waals surface area contributed by atoms with Gasteiger partial charge in [0.25, 0.3) is 0 Å². The summed E-state index contributed by atoms with van der Waals surface area (Å²) in [6.45, 7) is 2.21. The first-order chi connectivity index (χ1) is 11.1. The highest BCUT2D eigenvalue weighted by Crippen LogP contribution is 2.35. The highest BCUT2D eigenvalue weighted by molar-refractivity contribution is 5.74. The Balaban J connectivity index is 1.55. The van der Waals surface area contributed by atoms with Gasteiger partial charge in [0.2, 0.25) is 0 Å². The Hall–Kier alpha value is -2.04. The molecule has 2 aliphatic rings. The number of hydrogen-bond acceptors (Lipinski definition) is 4. The van der Waals surface area contributed by atoms with Crippen LogP contribution in [0.5, 0.6) is 0 Å². The van der Waals surface area contributed by atoms with Gasteiger partial charge in [0.1, 0.15) is 18.8 Å². The van der Waals surface area contributed by atoms with E-state index < -0.39 is 11.6 Å². The number of nitrogens with one attached hydrogen (secondary N) is 1. The molecule has 1 heterocycles. The van der Waals surface area contributed by atoms with Gasteiger partial charge < -0.3 is 14.8 Å². The second kappa shape index (κ2) is 6.60. The Bertz CT molecular complexity index is 574. The van der Waals surface area contributed by atoms with Crippen molar-refractivity contribution in [3.63, 3.8) is 0 Å². The lowest BCUT2D eigenvalue weighted by Gasteiger charge is -2.23. The summed E-state index contributed by atoms with van der Waals surface area (Å²) in [6, 6.07) is 10.3. The molecule has 3 unspecified atom stereocenters. The standard InChI is InChI=1S/C18H23NO4/c1-18(12-23-17(21)19-18)11-22-16(20)15-9-5-8-14(15)10-13-6-3-2-4-7-13/h2-4,6-7,14-15H,5,8-12H2,1H3,(H,19,21). The number of carbonyl (C=O) groups is 2. The molecule has 1 aliphatic carbocycles. The number of cyclic esters (lactones) is 1. The maximum Gasteiger partial charge on any atom is 0.407 e. The van der Waals surface area contributed by atoms with Crippen molar-refractivity contribution in [2.75, 3.05) is 13.2 Å². The molecule has 0 aromatic heterocycles. The molecule has 1 saturated heterocycles. The summed E-state index contributed by atoms with van der Waals surface area (Å²) >= 11 is 0. The van der Waals surface area contributed by atoms with Crippen LogP contribution in [0.15, 0.2) is 30.3 Å². The molecular weight excluding hydrogens is 294 g/mol. The largest absolute Gasteiger partial charge is 0.463 e. The number of esters is 1. The summed E-state index contributed by atoms with van der Waals surface area (Å²) in [5.41, 5.74) is 0.654. The molecular formula is C18H23NO4. The fraction of sp³-hybridized carbons (Fsp3) is 0.556. The third-order valence-corrected chi connectivity index (χ3v) is 4.76. The van der Waals surface area contributed by atoms with E-state index in [0.717, 1.165) is 25.7 Å². The average molecular weight is 317 g/mol. The van der Waals surface area contributed by atoms with Crippen LogP contribution in [0.4, 0.5) is 4.79 Å². The van der Waals surface area contributed by atoms with E-state index in [4.69, 9.17) is 9.47 Å². The Labute approximate surface area is 136 Å². The van der Waals surface area contributed by atoms with E-state index in [1.54, 1.807) is 0 Å². The van der Waals surface area contributed by atoms with Crippen molar-refractivity contribution in [1.29, 1.82) is 0 Å². The van der Waals surface area contributed by atoms with E-state index in [2.05, 4.69) is 17.4 Å². The zero-order chi connectivity index (χ0) is 16.3. The predicted molar refractivity (Wildman–Crippen MR) is 84.8 cm³/mol. The minimum absolute atomic E-state index is 0.0446. The van der Waals surface area contributed by atoms with Gasteiger partial charge in [-0.3, -0.25) is 4.79 Å². The van der Waals surface area contributed by atoms with Crippen LogP contribution in [0.2, 0.25) is 0 Å². The number of hydrogen-bond donors (Lipinski definition) is 1. The van der Waals surface area contributed by atoms with Crippen LogP contribution in [0.25, 0.3) is 0 Å². The lowest BCUT2D eigenvalue weighted by atomic mass is 9.89. The fourth-order valence-electron chi connectivity index (χ4n) is 3.47. The smallest absolute Gasteiger partial charge is 0.407 e. The molecule has 3 rings (SSSR count). The van der Waals surface area contributed by atoms with E-state index in [1.807, 2.05) is 25.1 Å². The zero-order valence-corrected chi connectivity index (χ0v) is 13.4. The Morgan fingerprint density at radius 3 is 2.83 bits per heavy atom. The van der Waals surface area contributed by atoms with Crippen molar-refractivity contribution in [3.8, 4) is 0 Å². The van der Waals surface area contributed by atoms with Gasteiger partial charge in [0.15, 0.2) is 0 Å². The molecule has 124 valence electrons. The highest BCUT2D eigenvalue weighted by atomic mass is 16.6. The molecule has 1 aromatic rings. The first-order valence-corrected chi connectivity index (χ1v) is 8.21. The van der Waals surface area contributed by atoms with Gasteiger partial charge in [0.05, 0.1) is 5.92 Å². The quantitative estimate of drug-likeness (QED) is 0.848. The molecule has 3 atom stereocenters. The van der Waals surface area contributed by atoms with Gasteiger partial charge in [-0.05, 0) is 37.7 Å². The third-order valence-electron chi connectivity index (χ3n) is 4.76. The van der Waals surface area contributed by atoms with Crippen LogP contribution in [-0.4, -0.2) is 30.8 Å². The van der Waals surface area contributed by atoms with Crippen molar-refractivity contribution in [3.05, 3.63) is 35.9 Å². The van der Waals surface area contributed by atoms with Gasteiger partial charge in [0, 0.05) is 0 Å². The van der Waals surface area contributed by atoms with Crippen molar-refractivity contribution in [1.82, 2.24) is 5.32 Å². The SMILES string of the molecule is CC1(COC(=O)C2CCCC2Cc2ccccc2)COC(=O)N1. The fourth-order valence-corrected chi connectivity index (χ4v) is 3.47. The van der Waals surface area contributed by atoms with Crippen LogP contribution in [0, 0.1) is 11.8 Å². The van der Waals surface area contributed by atoms with Crippen molar-refractivity contribution < 1.29 is 19.1 Å². The van der Waals surface area contributed by atoms with Gasteiger partial charge in [-0.25, -0.2) is 4.79 Å². The number of amides is 1. The number of ether oxygens (including phenoxy) is 2. The first kappa shape index (κ1) is 15.8. The minimum atomic E-state index is -0.611. The highest BCUT2D eigenvalue weighted by Gasteiger charge is 2.39. The molecule has 1 aliphatic heterocycles. The maximum absolute atomic E-state index is 12.5. The van der Waals surface area contributed by atoms with Crippen LogP contribution in [0.3, 0.4) is 0 Å². The van der Waals surface area contributed by atoms with Crippen LogP contribution in [-0.2, 0) is 20.7 Å². The summed E-state index contributed by atoms with van der Waals surface area (Å²) in [6.07, 6.45) is 3.47. The number of benzene rings is 1. The minimum Gasteiger partial charge on any atom is -0.463 e. The maximum atomic E-state index is 12.5. The first-order valence-electron chi connectivity index (χ1n) is 8.21. The number of alkyl carbamates (subject to hydrolysis) is 1. The molecule has 5 heteroatoms. The molecule has 0 spiro atoms. The van der Waals surface area contributed by atoms with Crippen molar-refractivity contribution in [2.45, 2.75) is 38.1 Å². The van der Waals surface area contributed by atoms with Crippen LogP contribution in [0.1, 0.15) is 31.7 Å². The molecule has 1 aromatic carbocycles. The summed E-state index contributed by atoms with van der Waals surface area (Å²) in [5.74, 6) is 0.148. The Morgan fingerprint density at radius 1 is 1.35 bits per heavy atom. The average Bonchev–Trinajstić information content (AvgIpc) is 3.13. The molecule has 23 heavy (non-hydrogen) atoms. The molecule has 1 saturated carbocycles. The topological polar surface area (TPSA) is 64.6 Å². The molecule has 2 fully saturated rings. The van der Waals surface area contributed by atoms with Gasteiger partial charge in [-0.2, -0.15) is 0 Å². The second-order valence-electron chi connectivity index (χ2n) is 6.86. The Kier molecular flexibility index (Phi) is 4.55.